The molecule has 8 heteroatoms. The number of halogens is 3. The van der Waals surface area contributed by atoms with E-state index in [0.29, 0.717) is 5.75 Å². The van der Waals surface area contributed by atoms with E-state index in [4.69, 9.17) is 15.2 Å². The van der Waals surface area contributed by atoms with E-state index >= 15 is 0 Å². The van der Waals surface area contributed by atoms with Gasteiger partial charge in [0, 0.05) is 12.6 Å². The largest absolute Gasteiger partial charge is 0.454 e. The number of nitrogens with two attached hydrogens (primary N) is 1. The second-order valence-electron chi connectivity index (χ2n) is 5.39. The Bertz CT molecular complexity index is 591. The van der Waals surface area contributed by atoms with Gasteiger partial charge in [-0.05, 0) is 25.0 Å². The van der Waals surface area contributed by atoms with E-state index in [-0.39, 0.29) is 37.5 Å². The van der Waals surface area contributed by atoms with Gasteiger partial charge < -0.3 is 20.1 Å². The summed E-state index contributed by atoms with van der Waals surface area (Å²) in [6.45, 7) is -0.185. The molecule has 1 amide bonds. The third-order valence-electron chi connectivity index (χ3n) is 3.88. The number of hydrogen-bond donors (Lipinski definition) is 1. The van der Waals surface area contributed by atoms with Crippen molar-refractivity contribution in [2.45, 2.75) is 31.1 Å². The summed E-state index contributed by atoms with van der Waals surface area (Å²) in [6, 6.07) is 2.30. The van der Waals surface area contributed by atoms with E-state index in [9.17, 15) is 18.0 Å². The Hall–Kier alpha value is -1.96. The highest BCUT2D eigenvalue weighted by molar-refractivity contribution is 5.98. The number of amides is 1. The minimum Gasteiger partial charge on any atom is -0.454 e. The molecule has 1 aromatic carbocycles. The number of carbonyl (C=O) groups is 1. The molecule has 2 heterocycles. The number of alkyl halides is 3. The van der Waals surface area contributed by atoms with Crippen molar-refractivity contribution >= 4 is 5.91 Å². The maximum absolute atomic E-state index is 13.2. The summed E-state index contributed by atoms with van der Waals surface area (Å²) in [6.07, 6.45) is -4.44. The molecule has 22 heavy (non-hydrogen) atoms. The zero-order chi connectivity index (χ0) is 15.9. The van der Waals surface area contributed by atoms with Gasteiger partial charge in [0.2, 0.25) is 6.79 Å². The van der Waals surface area contributed by atoms with Crippen molar-refractivity contribution in [2.24, 2.45) is 5.73 Å². The number of hydrogen-bond acceptors (Lipinski definition) is 4. The number of rotatable bonds is 1. The zero-order valence-electron chi connectivity index (χ0n) is 11.6. The number of piperidine rings is 1. The predicted molar refractivity (Wildman–Crippen MR) is 70.7 cm³/mol. The molecular formula is C14H15F3N2O3. The lowest BCUT2D eigenvalue weighted by atomic mass is 9.97. The van der Waals surface area contributed by atoms with Gasteiger partial charge in [0.15, 0.2) is 11.5 Å². The number of carbonyl (C=O) groups excluding carboxylic acids is 1. The second-order valence-corrected chi connectivity index (χ2v) is 5.39. The van der Waals surface area contributed by atoms with E-state index in [1.54, 1.807) is 12.1 Å². The number of ether oxygens (including phenoxy) is 2. The second kappa shape index (κ2) is 5.35. The van der Waals surface area contributed by atoms with Gasteiger partial charge in [0.1, 0.15) is 6.04 Å². The minimum atomic E-state index is -4.48. The number of benzene rings is 1. The van der Waals surface area contributed by atoms with Crippen molar-refractivity contribution in [3.63, 3.8) is 0 Å². The van der Waals surface area contributed by atoms with Crippen LogP contribution in [0.25, 0.3) is 0 Å². The summed E-state index contributed by atoms with van der Waals surface area (Å²) < 4.78 is 49.9. The van der Waals surface area contributed by atoms with E-state index in [2.05, 4.69) is 0 Å². The molecule has 0 spiro atoms. The lowest BCUT2D eigenvalue weighted by Gasteiger charge is -2.39. The van der Waals surface area contributed by atoms with Gasteiger partial charge >= 0.3 is 6.18 Å². The third kappa shape index (κ3) is 2.58. The van der Waals surface area contributed by atoms with Crippen LogP contribution in [0.4, 0.5) is 13.2 Å². The van der Waals surface area contributed by atoms with E-state index < -0.39 is 24.2 Å². The molecule has 0 radical (unpaired) electrons. The first kappa shape index (κ1) is 15.0. The van der Waals surface area contributed by atoms with Crippen molar-refractivity contribution in [3.05, 3.63) is 23.8 Å². The lowest BCUT2D eigenvalue weighted by molar-refractivity contribution is -0.184. The van der Waals surface area contributed by atoms with Crippen LogP contribution in [-0.2, 0) is 0 Å². The topological polar surface area (TPSA) is 64.8 Å². The summed E-state index contributed by atoms with van der Waals surface area (Å²) in [7, 11) is 0. The quantitative estimate of drug-likeness (QED) is 0.859. The molecule has 1 fully saturated rings. The van der Waals surface area contributed by atoms with Gasteiger partial charge in [-0.25, -0.2) is 0 Å². The molecule has 1 saturated heterocycles. The van der Waals surface area contributed by atoms with Crippen LogP contribution in [-0.4, -0.2) is 42.4 Å². The summed E-state index contributed by atoms with van der Waals surface area (Å²) in [5, 5.41) is 0. The van der Waals surface area contributed by atoms with E-state index in [0.717, 1.165) is 4.90 Å². The van der Waals surface area contributed by atoms with Gasteiger partial charge in [-0.3, -0.25) is 4.79 Å². The molecule has 2 N–H and O–H groups in total. The first-order valence-corrected chi connectivity index (χ1v) is 6.90. The summed E-state index contributed by atoms with van der Waals surface area (Å²) in [5.74, 6) is -0.192. The normalized spacial score (nSPS) is 24.5. The Labute approximate surface area is 124 Å². The summed E-state index contributed by atoms with van der Waals surface area (Å²) in [5.41, 5.74) is 5.81. The smallest absolute Gasteiger partial charge is 0.408 e. The number of likely N-dealkylation sites (tertiary alicyclic amines) is 1. The molecular weight excluding hydrogens is 301 g/mol. The van der Waals surface area contributed by atoms with Crippen molar-refractivity contribution < 1.29 is 27.4 Å². The van der Waals surface area contributed by atoms with E-state index in [1.165, 1.54) is 6.07 Å². The fraction of sp³-hybridized carbons (Fsp3) is 0.500. The maximum Gasteiger partial charge on any atom is 0.408 e. The SMILES string of the molecule is N[C@H]1CC[C@H](C(F)(F)F)N(C(=O)c2cccc3c2OCO3)C1. The fourth-order valence-corrected chi connectivity index (χ4v) is 2.82. The van der Waals surface area contributed by atoms with Crippen LogP contribution < -0.4 is 15.2 Å². The monoisotopic (exact) mass is 316 g/mol. The molecule has 5 nitrogen and oxygen atoms in total. The highest BCUT2D eigenvalue weighted by Crippen LogP contribution is 2.38. The highest BCUT2D eigenvalue weighted by Gasteiger charge is 2.48. The summed E-state index contributed by atoms with van der Waals surface area (Å²) >= 11 is 0. The van der Waals surface area contributed by atoms with Gasteiger partial charge in [-0.1, -0.05) is 6.07 Å². The zero-order valence-corrected chi connectivity index (χ0v) is 11.6. The molecule has 2 atom stereocenters. The van der Waals surface area contributed by atoms with E-state index in [1.807, 2.05) is 0 Å². The molecule has 0 aliphatic carbocycles. The molecule has 0 saturated carbocycles. The van der Waals surface area contributed by atoms with Gasteiger partial charge in [-0.15, -0.1) is 0 Å². The van der Waals surface area contributed by atoms with Crippen molar-refractivity contribution in [2.75, 3.05) is 13.3 Å². The molecule has 0 unspecified atom stereocenters. The Morgan fingerprint density at radius 1 is 1.27 bits per heavy atom. The third-order valence-corrected chi connectivity index (χ3v) is 3.88. The minimum absolute atomic E-state index is 0.0537. The lowest BCUT2D eigenvalue weighted by Crippen LogP contribution is -2.56. The van der Waals surface area contributed by atoms with Crippen LogP contribution in [0, 0.1) is 0 Å². The van der Waals surface area contributed by atoms with Crippen LogP contribution in [0.15, 0.2) is 18.2 Å². The first-order valence-electron chi connectivity index (χ1n) is 6.90. The Balaban J connectivity index is 1.94. The predicted octanol–water partition coefficient (Wildman–Crippen LogP) is 1.91. The van der Waals surface area contributed by atoms with Crippen LogP contribution in [0.1, 0.15) is 23.2 Å². The highest BCUT2D eigenvalue weighted by atomic mass is 19.4. The molecule has 2 aliphatic heterocycles. The molecule has 0 bridgehead atoms. The van der Waals surface area contributed by atoms with Gasteiger partial charge in [0.25, 0.3) is 5.91 Å². The van der Waals surface area contributed by atoms with Crippen LogP contribution >= 0.6 is 0 Å². The van der Waals surface area contributed by atoms with Crippen LogP contribution in [0.3, 0.4) is 0 Å². The van der Waals surface area contributed by atoms with Crippen LogP contribution in [0.2, 0.25) is 0 Å². The standard InChI is InChI=1S/C14H15F3N2O3/c15-14(16,17)11-5-4-8(18)6-19(11)13(20)9-2-1-3-10-12(9)22-7-21-10/h1-3,8,11H,4-7,18H2/t8-,11+/m0/s1. The number of nitrogens with zero attached hydrogens (tertiary/aromatic N) is 1. The molecule has 0 aromatic heterocycles. The van der Waals surface area contributed by atoms with Crippen molar-refractivity contribution in [1.82, 2.24) is 4.90 Å². The van der Waals surface area contributed by atoms with Crippen molar-refractivity contribution in [3.8, 4) is 11.5 Å². The van der Waals surface area contributed by atoms with Crippen molar-refractivity contribution in [1.29, 1.82) is 0 Å². The average molecular weight is 316 g/mol. The Morgan fingerprint density at radius 3 is 2.77 bits per heavy atom. The molecule has 1 aromatic rings. The van der Waals surface area contributed by atoms with Gasteiger partial charge in [0.05, 0.1) is 5.56 Å². The molecule has 3 rings (SSSR count). The first-order chi connectivity index (χ1) is 10.4. The van der Waals surface area contributed by atoms with Crippen LogP contribution in [0.5, 0.6) is 11.5 Å². The maximum atomic E-state index is 13.2. The number of fused-ring (bicyclic) bond motifs is 1. The Morgan fingerprint density at radius 2 is 2.05 bits per heavy atom. The van der Waals surface area contributed by atoms with Gasteiger partial charge in [-0.2, -0.15) is 13.2 Å². The molecule has 120 valence electrons. The fourth-order valence-electron chi connectivity index (χ4n) is 2.82. The number of para-hydroxylation sites is 1. The average Bonchev–Trinajstić information content (AvgIpc) is 2.93. The summed E-state index contributed by atoms with van der Waals surface area (Å²) in [4.78, 5) is 13.4. The Kier molecular flexibility index (Phi) is 3.64. The molecule has 2 aliphatic rings.